The molecule has 0 heterocycles. The van der Waals surface area contributed by atoms with E-state index in [1.54, 1.807) is 12.8 Å². The van der Waals surface area contributed by atoms with Gasteiger partial charge in [0.2, 0.25) is 0 Å². The van der Waals surface area contributed by atoms with E-state index in [-0.39, 0.29) is 0 Å². The number of fused-ring (bicyclic) bond motifs is 1. The van der Waals surface area contributed by atoms with E-state index in [2.05, 4.69) is 20.8 Å². The van der Waals surface area contributed by atoms with Crippen LogP contribution in [-0.2, 0) is 0 Å². The molecule has 0 aromatic carbocycles. The molecule has 0 spiro atoms. The van der Waals surface area contributed by atoms with Crippen molar-refractivity contribution in [1.29, 1.82) is 0 Å². The highest BCUT2D eigenvalue weighted by molar-refractivity contribution is 5.03. The molecule has 4 unspecified atom stereocenters. The fourth-order valence-corrected chi connectivity index (χ4v) is 3.38. The van der Waals surface area contributed by atoms with Crippen molar-refractivity contribution in [2.24, 2.45) is 23.2 Å². The normalized spacial score (nSPS) is 45.5. The van der Waals surface area contributed by atoms with Gasteiger partial charge in [-0.05, 0) is 48.9 Å². The van der Waals surface area contributed by atoms with E-state index in [1.807, 2.05) is 0 Å². The number of hydrogen-bond acceptors (Lipinski definition) is 0. The maximum absolute atomic E-state index is 2.50. The maximum atomic E-state index is 2.50. The van der Waals surface area contributed by atoms with E-state index in [9.17, 15) is 0 Å². The second-order valence-electron chi connectivity index (χ2n) is 5.86. The highest BCUT2D eigenvalue weighted by Crippen LogP contribution is 2.63. The van der Waals surface area contributed by atoms with Crippen molar-refractivity contribution >= 4 is 0 Å². The number of hydrogen-bond donors (Lipinski definition) is 0. The summed E-state index contributed by atoms with van der Waals surface area (Å²) in [6.45, 7) is 7.29. The molecule has 0 nitrogen and oxygen atoms in total. The van der Waals surface area contributed by atoms with Crippen molar-refractivity contribution in [3.8, 4) is 0 Å². The first-order chi connectivity index (χ1) is 6.15. The van der Waals surface area contributed by atoms with Crippen LogP contribution in [0, 0.1) is 23.2 Å². The van der Waals surface area contributed by atoms with Gasteiger partial charge in [-0.1, -0.05) is 33.6 Å². The van der Waals surface area contributed by atoms with Crippen LogP contribution in [0.4, 0.5) is 0 Å². The molecule has 0 radical (unpaired) electrons. The Hall–Kier alpha value is 0. The standard InChI is InChI=1S/C13H24/c1-4-5-10(2)11-6-7-13(3)9-12(13)8-11/h10-12H,4-9H2,1-3H3. The summed E-state index contributed by atoms with van der Waals surface area (Å²) < 4.78 is 0. The molecule has 76 valence electrons. The summed E-state index contributed by atoms with van der Waals surface area (Å²) in [4.78, 5) is 0. The molecule has 2 saturated carbocycles. The Morgan fingerprint density at radius 3 is 2.85 bits per heavy atom. The lowest BCUT2D eigenvalue weighted by Gasteiger charge is -2.30. The van der Waals surface area contributed by atoms with Gasteiger partial charge in [0, 0.05) is 0 Å². The second-order valence-corrected chi connectivity index (χ2v) is 5.86. The highest BCUT2D eigenvalue weighted by atomic mass is 14.6. The van der Waals surface area contributed by atoms with Gasteiger partial charge in [0.25, 0.3) is 0 Å². The summed E-state index contributed by atoms with van der Waals surface area (Å²) in [5, 5.41) is 0. The minimum absolute atomic E-state index is 0.808. The predicted molar refractivity (Wildman–Crippen MR) is 57.6 cm³/mol. The van der Waals surface area contributed by atoms with Crippen molar-refractivity contribution in [3.05, 3.63) is 0 Å². The molecule has 2 fully saturated rings. The molecule has 2 rings (SSSR count). The van der Waals surface area contributed by atoms with Gasteiger partial charge in [0.1, 0.15) is 0 Å². The van der Waals surface area contributed by atoms with Crippen LogP contribution >= 0.6 is 0 Å². The second kappa shape index (κ2) is 3.29. The van der Waals surface area contributed by atoms with Crippen LogP contribution in [0.3, 0.4) is 0 Å². The zero-order valence-electron chi connectivity index (χ0n) is 9.47. The zero-order chi connectivity index (χ0) is 9.47. The van der Waals surface area contributed by atoms with Gasteiger partial charge in [0.05, 0.1) is 0 Å². The lowest BCUT2D eigenvalue weighted by Crippen LogP contribution is -2.19. The van der Waals surface area contributed by atoms with E-state index >= 15 is 0 Å². The van der Waals surface area contributed by atoms with Crippen LogP contribution in [0.5, 0.6) is 0 Å². The molecular weight excluding hydrogens is 156 g/mol. The Balaban J connectivity index is 1.83. The Labute approximate surface area is 83.1 Å². The molecular formula is C13H24. The van der Waals surface area contributed by atoms with Gasteiger partial charge in [-0.3, -0.25) is 0 Å². The first-order valence-corrected chi connectivity index (χ1v) is 6.15. The third-order valence-electron chi connectivity index (χ3n) is 4.76. The van der Waals surface area contributed by atoms with E-state index in [4.69, 9.17) is 0 Å². The molecule has 2 aliphatic rings. The van der Waals surface area contributed by atoms with Crippen LogP contribution in [-0.4, -0.2) is 0 Å². The first-order valence-electron chi connectivity index (χ1n) is 6.15. The summed E-state index contributed by atoms with van der Waals surface area (Å²) in [6, 6.07) is 0. The third kappa shape index (κ3) is 1.78. The Morgan fingerprint density at radius 1 is 1.46 bits per heavy atom. The summed E-state index contributed by atoms with van der Waals surface area (Å²) in [6.07, 6.45) is 8.97. The molecule has 0 aliphatic heterocycles. The lowest BCUT2D eigenvalue weighted by molar-refractivity contribution is 0.208. The van der Waals surface area contributed by atoms with E-state index < -0.39 is 0 Å². The quantitative estimate of drug-likeness (QED) is 0.609. The van der Waals surface area contributed by atoms with Gasteiger partial charge in [-0.25, -0.2) is 0 Å². The minimum Gasteiger partial charge on any atom is -0.0654 e. The summed E-state index contributed by atoms with van der Waals surface area (Å²) in [5.74, 6) is 3.18. The molecule has 0 N–H and O–H groups in total. The van der Waals surface area contributed by atoms with Crippen molar-refractivity contribution < 1.29 is 0 Å². The van der Waals surface area contributed by atoms with Crippen molar-refractivity contribution in [3.63, 3.8) is 0 Å². The molecule has 13 heavy (non-hydrogen) atoms. The van der Waals surface area contributed by atoms with E-state index in [0.29, 0.717) is 0 Å². The highest BCUT2D eigenvalue weighted by Gasteiger charge is 2.53. The molecule has 4 atom stereocenters. The van der Waals surface area contributed by atoms with Crippen LogP contribution in [0.15, 0.2) is 0 Å². The van der Waals surface area contributed by atoms with Gasteiger partial charge in [-0.2, -0.15) is 0 Å². The molecule has 0 bridgehead atoms. The first kappa shape index (κ1) is 9.55. The Morgan fingerprint density at radius 2 is 2.23 bits per heavy atom. The van der Waals surface area contributed by atoms with Crippen LogP contribution in [0.2, 0.25) is 0 Å². The van der Waals surface area contributed by atoms with Gasteiger partial charge in [0.15, 0.2) is 0 Å². The Kier molecular flexibility index (Phi) is 2.42. The number of rotatable bonds is 3. The molecule has 0 aromatic heterocycles. The van der Waals surface area contributed by atoms with Gasteiger partial charge < -0.3 is 0 Å². The molecule has 0 aromatic rings. The zero-order valence-corrected chi connectivity index (χ0v) is 9.47. The topological polar surface area (TPSA) is 0 Å². The van der Waals surface area contributed by atoms with E-state index in [1.165, 1.54) is 25.7 Å². The molecule has 0 saturated heterocycles. The SMILES string of the molecule is CCCC(C)C1CCC2(C)CC2C1. The fourth-order valence-electron chi connectivity index (χ4n) is 3.38. The lowest BCUT2D eigenvalue weighted by atomic mass is 9.76. The summed E-state index contributed by atoms with van der Waals surface area (Å²) in [7, 11) is 0. The van der Waals surface area contributed by atoms with Gasteiger partial charge in [-0.15, -0.1) is 0 Å². The molecule has 2 aliphatic carbocycles. The van der Waals surface area contributed by atoms with Crippen molar-refractivity contribution in [1.82, 2.24) is 0 Å². The maximum Gasteiger partial charge on any atom is -0.0294 e. The van der Waals surface area contributed by atoms with Crippen LogP contribution in [0.25, 0.3) is 0 Å². The summed E-state index contributed by atoms with van der Waals surface area (Å²) in [5.41, 5.74) is 0.808. The summed E-state index contributed by atoms with van der Waals surface area (Å²) >= 11 is 0. The van der Waals surface area contributed by atoms with Gasteiger partial charge >= 0.3 is 0 Å². The molecule has 0 amide bonds. The average Bonchev–Trinajstić information content (AvgIpc) is 2.75. The monoisotopic (exact) mass is 180 g/mol. The molecule has 0 heteroatoms. The van der Waals surface area contributed by atoms with Crippen molar-refractivity contribution in [2.75, 3.05) is 0 Å². The van der Waals surface area contributed by atoms with Crippen LogP contribution < -0.4 is 0 Å². The van der Waals surface area contributed by atoms with Crippen molar-refractivity contribution in [2.45, 2.75) is 59.3 Å². The van der Waals surface area contributed by atoms with Crippen LogP contribution in [0.1, 0.15) is 59.3 Å². The largest absolute Gasteiger partial charge is 0.0654 e. The van der Waals surface area contributed by atoms with E-state index in [0.717, 1.165) is 23.2 Å². The minimum atomic E-state index is 0.808. The Bertz CT molecular complexity index is 184. The smallest absolute Gasteiger partial charge is 0.0294 e. The fraction of sp³-hybridized carbons (Fsp3) is 1.00. The predicted octanol–water partition coefficient (Wildman–Crippen LogP) is 4.25. The average molecular weight is 180 g/mol. The third-order valence-corrected chi connectivity index (χ3v) is 4.76.